The Morgan fingerprint density at radius 2 is 2.08 bits per heavy atom. The molecule has 1 aromatic heterocycles. The number of methoxy groups -OCH3 is 1. The Kier molecular flexibility index (Phi) is 5.96. The SMILES string of the molecule is COc1cc(NC(=S)N[C@@H](CC(=O)O)c2ccc(F)cc2)ncn1. The van der Waals surface area contributed by atoms with Crippen LogP contribution in [-0.4, -0.2) is 33.3 Å². The van der Waals surface area contributed by atoms with Gasteiger partial charge in [0, 0.05) is 6.07 Å². The van der Waals surface area contributed by atoms with Crippen LogP contribution in [0.15, 0.2) is 36.7 Å². The molecule has 0 aliphatic carbocycles. The van der Waals surface area contributed by atoms with Crippen LogP contribution in [0.5, 0.6) is 5.88 Å². The van der Waals surface area contributed by atoms with Crippen LogP contribution in [0.3, 0.4) is 0 Å². The van der Waals surface area contributed by atoms with Crippen LogP contribution in [0, 0.1) is 5.82 Å². The second kappa shape index (κ2) is 8.16. The summed E-state index contributed by atoms with van der Waals surface area (Å²) in [7, 11) is 1.47. The molecule has 0 bridgehead atoms. The maximum atomic E-state index is 13.0. The fraction of sp³-hybridized carbons (Fsp3) is 0.200. The van der Waals surface area contributed by atoms with Crippen LogP contribution >= 0.6 is 12.2 Å². The van der Waals surface area contributed by atoms with E-state index in [1.165, 1.54) is 43.8 Å². The Morgan fingerprint density at radius 3 is 2.71 bits per heavy atom. The number of carboxylic acid groups (broad SMARTS) is 1. The lowest BCUT2D eigenvalue weighted by Crippen LogP contribution is -2.33. The number of carboxylic acids is 1. The molecule has 1 heterocycles. The molecule has 2 rings (SSSR count). The summed E-state index contributed by atoms with van der Waals surface area (Å²) in [6, 6.07) is 6.46. The number of halogens is 1. The molecule has 3 N–H and O–H groups in total. The van der Waals surface area contributed by atoms with Crippen LogP contribution < -0.4 is 15.4 Å². The monoisotopic (exact) mass is 350 g/mol. The lowest BCUT2D eigenvalue weighted by molar-refractivity contribution is -0.137. The van der Waals surface area contributed by atoms with E-state index < -0.39 is 17.8 Å². The van der Waals surface area contributed by atoms with E-state index in [1.54, 1.807) is 0 Å². The number of hydrogen-bond donors (Lipinski definition) is 3. The Labute approximate surface area is 142 Å². The average Bonchev–Trinajstić information content (AvgIpc) is 2.54. The molecule has 0 radical (unpaired) electrons. The Balaban J connectivity index is 2.08. The van der Waals surface area contributed by atoms with Crippen LogP contribution in [0.4, 0.5) is 10.2 Å². The maximum Gasteiger partial charge on any atom is 0.305 e. The van der Waals surface area contributed by atoms with Gasteiger partial charge < -0.3 is 20.5 Å². The van der Waals surface area contributed by atoms with Crippen LogP contribution in [0.1, 0.15) is 18.0 Å². The first-order valence-electron chi connectivity index (χ1n) is 6.88. The largest absolute Gasteiger partial charge is 0.481 e. The van der Waals surface area contributed by atoms with Gasteiger partial charge in [-0.25, -0.2) is 14.4 Å². The highest BCUT2D eigenvalue weighted by molar-refractivity contribution is 7.80. The van der Waals surface area contributed by atoms with Crippen molar-refractivity contribution in [2.75, 3.05) is 12.4 Å². The van der Waals surface area contributed by atoms with Crippen molar-refractivity contribution in [1.29, 1.82) is 0 Å². The molecule has 1 aromatic carbocycles. The Morgan fingerprint density at radius 1 is 1.38 bits per heavy atom. The average molecular weight is 350 g/mol. The van der Waals surface area contributed by atoms with E-state index in [1.807, 2.05) is 0 Å². The quantitative estimate of drug-likeness (QED) is 0.682. The number of aromatic nitrogens is 2. The second-order valence-corrected chi connectivity index (χ2v) is 5.15. The van der Waals surface area contributed by atoms with Crippen molar-refractivity contribution >= 4 is 29.1 Å². The summed E-state index contributed by atoms with van der Waals surface area (Å²) in [5.41, 5.74) is 0.600. The van der Waals surface area contributed by atoms with Crippen LogP contribution in [0.25, 0.3) is 0 Å². The smallest absolute Gasteiger partial charge is 0.305 e. The fourth-order valence-electron chi connectivity index (χ4n) is 1.95. The first kappa shape index (κ1) is 17.5. The van der Waals surface area contributed by atoms with Crippen molar-refractivity contribution in [2.45, 2.75) is 12.5 Å². The zero-order valence-corrected chi connectivity index (χ0v) is 13.5. The summed E-state index contributed by atoms with van der Waals surface area (Å²) in [5, 5.41) is 14.9. The number of nitrogens with zero attached hydrogens (tertiary/aromatic N) is 2. The van der Waals surface area contributed by atoms with E-state index in [0.29, 0.717) is 17.3 Å². The van der Waals surface area contributed by atoms with E-state index >= 15 is 0 Å². The van der Waals surface area contributed by atoms with Gasteiger partial charge in [0.2, 0.25) is 5.88 Å². The molecule has 1 atom stereocenters. The zero-order chi connectivity index (χ0) is 17.5. The third-order valence-corrected chi connectivity index (χ3v) is 3.27. The number of aliphatic carboxylic acids is 1. The molecular weight excluding hydrogens is 335 g/mol. The third-order valence-electron chi connectivity index (χ3n) is 3.05. The molecule has 7 nitrogen and oxygen atoms in total. The van der Waals surface area contributed by atoms with Gasteiger partial charge in [-0.05, 0) is 29.9 Å². The molecule has 0 fully saturated rings. The highest BCUT2D eigenvalue weighted by atomic mass is 32.1. The van der Waals surface area contributed by atoms with E-state index in [2.05, 4.69) is 20.6 Å². The van der Waals surface area contributed by atoms with E-state index in [-0.39, 0.29) is 11.5 Å². The fourth-order valence-corrected chi connectivity index (χ4v) is 2.20. The van der Waals surface area contributed by atoms with Crippen LogP contribution in [-0.2, 0) is 4.79 Å². The molecule has 0 saturated heterocycles. The van der Waals surface area contributed by atoms with Crippen molar-refractivity contribution in [2.24, 2.45) is 0 Å². The molecule has 0 unspecified atom stereocenters. The van der Waals surface area contributed by atoms with E-state index in [0.717, 1.165) is 0 Å². The highest BCUT2D eigenvalue weighted by Crippen LogP contribution is 2.18. The minimum atomic E-state index is -1.01. The summed E-state index contributed by atoms with van der Waals surface area (Å²) in [6.07, 6.45) is 1.08. The zero-order valence-electron chi connectivity index (χ0n) is 12.7. The summed E-state index contributed by atoms with van der Waals surface area (Å²) < 4.78 is 18.0. The number of benzene rings is 1. The normalized spacial score (nSPS) is 11.4. The number of nitrogens with one attached hydrogen (secondary N) is 2. The molecule has 0 amide bonds. The number of rotatable bonds is 6. The molecule has 0 aliphatic rings. The van der Waals surface area contributed by atoms with Crippen molar-refractivity contribution in [3.63, 3.8) is 0 Å². The molecule has 0 spiro atoms. The van der Waals surface area contributed by atoms with Gasteiger partial charge in [-0.3, -0.25) is 4.79 Å². The first-order valence-corrected chi connectivity index (χ1v) is 7.29. The number of ether oxygens (including phenoxy) is 1. The number of thiocarbonyl (C=S) groups is 1. The van der Waals surface area contributed by atoms with Gasteiger partial charge in [0.1, 0.15) is 18.0 Å². The molecule has 126 valence electrons. The minimum absolute atomic E-state index is 0.173. The topological polar surface area (TPSA) is 96.4 Å². The predicted molar refractivity (Wildman–Crippen MR) is 89.3 cm³/mol. The van der Waals surface area contributed by atoms with Crippen LogP contribution in [0.2, 0.25) is 0 Å². The van der Waals surface area contributed by atoms with Crippen molar-refractivity contribution in [1.82, 2.24) is 15.3 Å². The third kappa shape index (κ3) is 5.13. The first-order chi connectivity index (χ1) is 11.5. The molecule has 2 aromatic rings. The van der Waals surface area contributed by atoms with E-state index in [4.69, 9.17) is 22.1 Å². The molecular formula is C15H15FN4O3S. The van der Waals surface area contributed by atoms with Crippen molar-refractivity contribution in [3.8, 4) is 5.88 Å². The Bertz CT molecular complexity index is 727. The Hall–Kier alpha value is -2.81. The maximum absolute atomic E-state index is 13.0. The second-order valence-electron chi connectivity index (χ2n) is 4.75. The standard InChI is InChI=1S/C15H15FN4O3S/c1-23-13-7-12(17-8-18-13)20-15(24)19-11(6-14(21)22)9-2-4-10(16)5-3-9/h2-5,7-8,11H,6H2,1H3,(H,21,22)(H2,17,18,19,20,24)/t11-/m0/s1. The summed E-state index contributed by atoms with van der Waals surface area (Å²) in [6.45, 7) is 0. The van der Waals surface area contributed by atoms with Gasteiger partial charge in [0.15, 0.2) is 5.11 Å². The van der Waals surface area contributed by atoms with Gasteiger partial charge in [-0.1, -0.05) is 12.1 Å². The predicted octanol–water partition coefficient (Wildman–Crippen LogP) is 2.13. The number of hydrogen-bond acceptors (Lipinski definition) is 5. The molecule has 0 aliphatic heterocycles. The number of anilines is 1. The van der Waals surface area contributed by atoms with Gasteiger partial charge >= 0.3 is 5.97 Å². The molecule has 24 heavy (non-hydrogen) atoms. The van der Waals surface area contributed by atoms with Gasteiger partial charge in [-0.2, -0.15) is 0 Å². The lowest BCUT2D eigenvalue weighted by atomic mass is 10.0. The number of carbonyl (C=O) groups is 1. The van der Waals surface area contributed by atoms with Crippen molar-refractivity contribution in [3.05, 3.63) is 48.0 Å². The highest BCUT2D eigenvalue weighted by Gasteiger charge is 2.17. The van der Waals surface area contributed by atoms with E-state index in [9.17, 15) is 9.18 Å². The summed E-state index contributed by atoms with van der Waals surface area (Å²) in [4.78, 5) is 18.9. The lowest BCUT2D eigenvalue weighted by Gasteiger charge is -2.19. The van der Waals surface area contributed by atoms with Gasteiger partial charge in [0.25, 0.3) is 0 Å². The van der Waals surface area contributed by atoms with Crippen molar-refractivity contribution < 1.29 is 19.0 Å². The summed E-state index contributed by atoms with van der Waals surface area (Å²) in [5.74, 6) is -0.659. The van der Waals surface area contributed by atoms with Gasteiger partial charge in [-0.15, -0.1) is 0 Å². The van der Waals surface area contributed by atoms with Gasteiger partial charge in [0.05, 0.1) is 19.6 Å². The summed E-state index contributed by atoms with van der Waals surface area (Å²) >= 11 is 5.18. The molecule has 9 heteroatoms. The minimum Gasteiger partial charge on any atom is -0.481 e. The molecule has 0 saturated carbocycles.